The summed E-state index contributed by atoms with van der Waals surface area (Å²) in [5, 5.41) is 3.84. The summed E-state index contributed by atoms with van der Waals surface area (Å²) in [5.74, 6) is 0. The largest absolute Gasteiger partial charge is 0.314 e. The van der Waals surface area contributed by atoms with Crippen LogP contribution in [0.15, 0.2) is 0 Å². The molecule has 0 unspecified atom stereocenters. The molecule has 1 heterocycles. The number of nitrogens with one attached hydrogen (secondary N) is 1. The average molecular weight is 293 g/mol. The Hall–Kier alpha value is -0.120. The SMILES string of the molecule is CN1CCN(CCCNC2CCC3(CCCC3)CC2)CC1. The smallest absolute Gasteiger partial charge is 0.0110 e. The fourth-order valence-corrected chi connectivity index (χ4v) is 4.74. The van der Waals surface area contributed by atoms with E-state index in [0.717, 1.165) is 11.5 Å². The molecular weight excluding hydrogens is 258 g/mol. The third kappa shape index (κ3) is 4.43. The minimum atomic E-state index is 0.790. The van der Waals surface area contributed by atoms with Gasteiger partial charge in [0.1, 0.15) is 0 Å². The Bertz CT molecular complexity index is 294. The second-order valence-electron chi connectivity index (χ2n) is 7.93. The normalized spacial score (nSPS) is 28.4. The van der Waals surface area contributed by atoms with E-state index in [9.17, 15) is 0 Å². The summed E-state index contributed by atoms with van der Waals surface area (Å²) in [4.78, 5) is 5.08. The maximum atomic E-state index is 3.84. The fraction of sp³-hybridized carbons (Fsp3) is 1.00. The summed E-state index contributed by atoms with van der Waals surface area (Å²) in [6.45, 7) is 7.54. The Morgan fingerprint density at radius 1 is 0.952 bits per heavy atom. The van der Waals surface area contributed by atoms with E-state index in [1.807, 2.05) is 0 Å². The number of nitrogens with zero attached hydrogens (tertiary/aromatic N) is 2. The zero-order valence-electron chi connectivity index (χ0n) is 14.1. The van der Waals surface area contributed by atoms with E-state index in [1.165, 1.54) is 97.1 Å². The molecule has 0 aromatic heterocycles. The monoisotopic (exact) mass is 293 g/mol. The van der Waals surface area contributed by atoms with Crippen LogP contribution < -0.4 is 5.32 Å². The molecule has 122 valence electrons. The van der Waals surface area contributed by atoms with Gasteiger partial charge in [-0.25, -0.2) is 0 Å². The lowest BCUT2D eigenvalue weighted by atomic mass is 9.71. The van der Waals surface area contributed by atoms with Crippen LogP contribution in [0.4, 0.5) is 0 Å². The Morgan fingerprint density at radius 3 is 2.29 bits per heavy atom. The standard InChI is InChI=1S/C18H35N3/c1-20-13-15-21(16-14-20)12-4-11-19-17-5-9-18(10-6-17)7-2-3-8-18/h17,19H,2-16H2,1H3. The zero-order valence-corrected chi connectivity index (χ0v) is 14.1. The van der Waals surface area contributed by atoms with Gasteiger partial charge in [0.05, 0.1) is 0 Å². The van der Waals surface area contributed by atoms with Gasteiger partial charge in [0.25, 0.3) is 0 Å². The number of likely N-dealkylation sites (N-methyl/N-ethyl adjacent to an activating group) is 1. The van der Waals surface area contributed by atoms with Gasteiger partial charge in [-0.1, -0.05) is 12.8 Å². The molecule has 21 heavy (non-hydrogen) atoms. The molecule has 0 bridgehead atoms. The van der Waals surface area contributed by atoms with E-state index in [0.29, 0.717) is 0 Å². The Balaban J connectivity index is 1.25. The molecule has 0 radical (unpaired) electrons. The highest BCUT2D eigenvalue weighted by atomic mass is 15.2. The maximum Gasteiger partial charge on any atom is 0.0110 e. The summed E-state index contributed by atoms with van der Waals surface area (Å²) in [6.07, 6.45) is 13.3. The molecule has 2 aliphatic carbocycles. The van der Waals surface area contributed by atoms with Crippen molar-refractivity contribution >= 4 is 0 Å². The van der Waals surface area contributed by atoms with Crippen LogP contribution >= 0.6 is 0 Å². The Labute approximate surface area is 131 Å². The number of hydrogen-bond acceptors (Lipinski definition) is 3. The van der Waals surface area contributed by atoms with Gasteiger partial charge >= 0.3 is 0 Å². The molecule has 3 heteroatoms. The van der Waals surface area contributed by atoms with Gasteiger partial charge in [-0.3, -0.25) is 0 Å². The molecular formula is C18H35N3. The fourth-order valence-electron chi connectivity index (χ4n) is 4.74. The number of rotatable bonds is 5. The van der Waals surface area contributed by atoms with Crippen LogP contribution in [0.25, 0.3) is 0 Å². The molecule has 0 aromatic carbocycles. The molecule has 3 rings (SSSR count). The van der Waals surface area contributed by atoms with Gasteiger partial charge in [0.15, 0.2) is 0 Å². The number of hydrogen-bond donors (Lipinski definition) is 1. The van der Waals surface area contributed by atoms with Crippen LogP contribution in [-0.2, 0) is 0 Å². The molecule has 3 aliphatic rings. The average Bonchev–Trinajstić information content (AvgIpc) is 2.96. The Kier molecular flexibility index (Phi) is 5.58. The molecule has 0 atom stereocenters. The van der Waals surface area contributed by atoms with E-state index in [1.54, 1.807) is 0 Å². The molecule has 2 saturated carbocycles. The molecule has 0 amide bonds. The van der Waals surface area contributed by atoms with Crippen LogP contribution in [0, 0.1) is 5.41 Å². The van der Waals surface area contributed by atoms with Crippen LogP contribution in [0.1, 0.15) is 57.8 Å². The molecule has 3 fully saturated rings. The summed E-state index contributed by atoms with van der Waals surface area (Å²) in [5.41, 5.74) is 0.790. The quantitative estimate of drug-likeness (QED) is 0.786. The highest BCUT2D eigenvalue weighted by Gasteiger charge is 2.37. The molecule has 3 nitrogen and oxygen atoms in total. The molecule has 1 aliphatic heterocycles. The van der Waals surface area contributed by atoms with Crippen molar-refractivity contribution < 1.29 is 0 Å². The van der Waals surface area contributed by atoms with Crippen molar-refractivity contribution in [2.75, 3.05) is 46.3 Å². The summed E-state index contributed by atoms with van der Waals surface area (Å²) in [6, 6.07) is 0.823. The third-order valence-electron chi connectivity index (χ3n) is 6.39. The van der Waals surface area contributed by atoms with Gasteiger partial charge in [-0.2, -0.15) is 0 Å². The lowest BCUT2D eigenvalue weighted by molar-refractivity contribution is 0.148. The Morgan fingerprint density at radius 2 is 1.62 bits per heavy atom. The van der Waals surface area contributed by atoms with E-state index < -0.39 is 0 Å². The third-order valence-corrected chi connectivity index (χ3v) is 6.39. The topological polar surface area (TPSA) is 18.5 Å². The van der Waals surface area contributed by atoms with Crippen molar-refractivity contribution in [2.24, 2.45) is 5.41 Å². The van der Waals surface area contributed by atoms with Crippen molar-refractivity contribution in [3.63, 3.8) is 0 Å². The molecule has 1 N–H and O–H groups in total. The summed E-state index contributed by atoms with van der Waals surface area (Å²) in [7, 11) is 2.24. The van der Waals surface area contributed by atoms with Crippen LogP contribution in [0.2, 0.25) is 0 Å². The predicted molar refractivity (Wildman–Crippen MR) is 89.7 cm³/mol. The van der Waals surface area contributed by atoms with Crippen molar-refractivity contribution in [3.05, 3.63) is 0 Å². The first kappa shape index (κ1) is 15.8. The van der Waals surface area contributed by atoms with Gasteiger partial charge < -0.3 is 15.1 Å². The highest BCUT2D eigenvalue weighted by molar-refractivity contribution is 4.91. The molecule has 0 aromatic rings. The number of piperazine rings is 1. The maximum absolute atomic E-state index is 3.84. The second-order valence-corrected chi connectivity index (χ2v) is 7.93. The van der Waals surface area contributed by atoms with Gasteiger partial charge in [0.2, 0.25) is 0 Å². The summed E-state index contributed by atoms with van der Waals surface area (Å²) >= 11 is 0. The van der Waals surface area contributed by atoms with E-state index in [4.69, 9.17) is 0 Å². The predicted octanol–water partition coefficient (Wildman–Crippen LogP) is 2.72. The molecule has 1 spiro atoms. The lowest BCUT2D eigenvalue weighted by Crippen LogP contribution is -2.45. The van der Waals surface area contributed by atoms with Crippen molar-refractivity contribution in [3.8, 4) is 0 Å². The van der Waals surface area contributed by atoms with Gasteiger partial charge in [-0.15, -0.1) is 0 Å². The first-order chi connectivity index (χ1) is 10.3. The summed E-state index contributed by atoms with van der Waals surface area (Å²) < 4.78 is 0. The van der Waals surface area contributed by atoms with E-state index in [-0.39, 0.29) is 0 Å². The van der Waals surface area contributed by atoms with Crippen LogP contribution in [-0.4, -0.2) is 62.2 Å². The van der Waals surface area contributed by atoms with Crippen LogP contribution in [0.5, 0.6) is 0 Å². The van der Waals surface area contributed by atoms with Crippen LogP contribution in [0.3, 0.4) is 0 Å². The minimum absolute atomic E-state index is 0.790. The first-order valence-electron chi connectivity index (χ1n) is 9.40. The highest BCUT2D eigenvalue weighted by Crippen LogP contribution is 2.48. The van der Waals surface area contributed by atoms with Crippen molar-refractivity contribution in [2.45, 2.75) is 63.8 Å². The zero-order chi connectivity index (χ0) is 14.5. The second kappa shape index (κ2) is 7.43. The lowest BCUT2D eigenvalue weighted by Gasteiger charge is -2.37. The van der Waals surface area contributed by atoms with Crippen molar-refractivity contribution in [1.82, 2.24) is 15.1 Å². The van der Waals surface area contributed by atoms with Gasteiger partial charge in [-0.05, 0) is 70.5 Å². The van der Waals surface area contributed by atoms with E-state index in [2.05, 4.69) is 22.2 Å². The first-order valence-corrected chi connectivity index (χ1v) is 9.40. The van der Waals surface area contributed by atoms with Crippen molar-refractivity contribution in [1.29, 1.82) is 0 Å². The van der Waals surface area contributed by atoms with Gasteiger partial charge in [0, 0.05) is 32.2 Å². The minimum Gasteiger partial charge on any atom is -0.314 e. The van der Waals surface area contributed by atoms with E-state index >= 15 is 0 Å². The molecule has 1 saturated heterocycles.